The highest BCUT2D eigenvalue weighted by Gasteiger charge is 2.12. The van der Waals surface area contributed by atoms with E-state index in [0.29, 0.717) is 37.0 Å². The maximum Gasteiger partial charge on any atom is 0.323 e. The number of hydrogen-bond donors (Lipinski definition) is 3. The minimum absolute atomic E-state index is 0.110. The van der Waals surface area contributed by atoms with Crippen molar-refractivity contribution in [3.05, 3.63) is 56.0 Å². The van der Waals surface area contributed by atoms with Crippen molar-refractivity contribution in [1.82, 2.24) is 0 Å². The number of benzene rings is 2. The minimum Gasteiger partial charge on any atom is -0.396 e. The molecule has 0 saturated carbocycles. The van der Waals surface area contributed by atoms with Gasteiger partial charge in [-0.3, -0.25) is 0 Å². The summed E-state index contributed by atoms with van der Waals surface area (Å²) in [6, 6.07) is 7.28. The van der Waals surface area contributed by atoms with E-state index in [-0.39, 0.29) is 13.0 Å². The second-order valence-electron chi connectivity index (χ2n) is 4.62. The molecule has 8 heteroatoms. The number of halogens is 4. The molecule has 0 aliphatic heterocycles. The molecule has 0 spiro atoms. The van der Waals surface area contributed by atoms with Gasteiger partial charge in [0.2, 0.25) is 0 Å². The first kappa shape index (κ1) is 18.2. The number of amides is 2. The fourth-order valence-electron chi connectivity index (χ4n) is 1.99. The van der Waals surface area contributed by atoms with E-state index >= 15 is 0 Å². The van der Waals surface area contributed by atoms with Crippen LogP contribution in [0.3, 0.4) is 0 Å². The summed E-state index contributed by atoms with van der Waals surface area (Å²) < 4.78 is 0. The number of nitrogens with one attached hydrogen (secondary N) is 2. The van der Waals surface area contributed by atoms with Gasteiger partial charge in [0.25, 0.3) is 0 Å². The van der Waals surface area contributed by atoms with E-state index in [2.05, 4.69) is 10.6 Å². The summed E-state index contributed by atoms with van der Waals surface area (Å²) >= 11 is 23.8. The summed E-state index contributed by atoms with van der Waals surface area (Å²) in [6.07, 6.45) is 0.286. The van der Waals surface area contributed by atoms with Gasteiger partial charge >= 0.3 is 6.03 Å². The van der Waals surface area contributed by atoms with Gasteiger partial charge in [0.15, 0.2) is 0 Å². The minimum atomic E-state index is -0.513. The molecule has 0 fully saturated rings. The van der Waals surface area contributed by atoms with Crippen molar-refractivity contribution >= 4 is 63.8 Å². The Kier molecular flexibility index (Phi) is 6.39. The van der Waals surface area contributed by atoms with Crippen LogP contribution >= 0.6 is 46.4 Å². The van der Waals surface area contributed by atoms with Crippen LogP contribution in [0, 0.1) is 0 Å². The average molecular weight is 394 g/mol. The van der Waals surface area contributed by atoms with Crippen LogP contribution < -0.4 is 10.6 Å². The van der Waals surface area contributed by atoms with Crippen LogP contribution in [0.25, 0.3) is 0 Å². The van der Waals surface area contributed by atoms with Crippen molar-refractivity contribution in [3.8, 4) is 0 Å². The molecular weight excluding hydrogens is 382 g/mol. The highest BCUT2D eigenvalue weighted by atomic mass is 35.5. The molecule has 0 heterocycles. The molecule has 0 atom stereocenters. The summed E-state index contributed by atoms with van der Waals surface area (Å²) in [4.78, 5) is 12.1. The van der Waals surface area contributed by atoms with Crippen LogP contribution in [-0.4, -0.2) is 17.7 Å². The third-order valence-electron chi connectivity index (χ3n) is 2.89. The molecule has 4 nitrogen and oxygen atoms in total. The van der Waals surface area contributed by atoms with E-state index in [1.165, 1.54) is 0 Å². The zero-order valence-corrected chi connectivity index (χ0v) is 14.7. The predicted octanol–water partition coefficient (Wildman–Crippen LogP) is 5.48. The van der Waals surface area contributed by atoms with Crippen molar-refractivity contribution < 1.29 is 9.90 Å². The zero-order chi connectivity index (χ0) is 17.0. The molecule has 0 aromatic heterocycles. The Labute approximate surface area is 153 Å². The third-order valence-corrected chi connectivity index (χ3v) is 3.88. The first-order chi connectivity index (χ1) is 10.9. The molecular formula is C15H12Cl4N2O2. The van der Waals surface area contributed by atoms with Gasteiger partial charge in [0, 0.05) is 38.1 Å². The van der Waals surface area contributed by atoms with Crippen molar-refractivity contribution in [2.24, 2.45) is 0 Å². The van der Waals surface area contributed by atoms with Gasteiger partial charge < -0.3 is 15.7 Å². The molecule has 2 aromatic rings. The maximum absolute atomic E-state index is 12.1. The number of hydrogen-bond acceptors (Lipinski definition) is 2. The van der Waals surface area contributed by atoms with Gasteiger partial charge in [0.1, 0.15) is 0 Å². The Morgan fingerprint density at radius 1 is 0.913 bits per heavy atom. The Hall–Kier alpha value is -1.17. The van der Waals surface area contributed by atoms with E-state index in [9.17, 15) is 4.79 Å². The molecule has 0 unspecified atom stereocenters. The Balaban J connectivity index is 2.19. The molecule has 2 aromatic carbocycles. The maximum atomic E-state index is 12.1. The van der Waals surface area contributed by atoms with Crippen LogP contribution in [0.15, 0.2) is 30.3 Å². The number of carbonyl (C=O) groups excluding carboxylic acids is 1. The van der Waals surface area contributed by atoms with Gasteiger partial charge in [-0.15, -0.1) is 0 Å². The normalized spacial score (nSPS) is 10.5. The smallest absolute Gasteiger partial charge is 0.323 e. The summed E-state index contributed by atoms with van der Waals surface area (Å²) in [6.45, 7) is -0.110. The Bertz CT molecular complexity index is 717. The van der Waals surface area contributed by atoms with E-state index in [1.807, 2.05) is 0 Å². The van der Waals surface area contributed by atoms with Gasteiger partial charge in [0.05, 0.1) is 0 Å². The van der Waals surface area contributed by atoms with Crippen molar-refractivity contribution in [2.75, 3.05) is 17.2 Å². The standard InChI is InChI=1S/C15H12Cl4N2O2/c16-8-3-9(17)5-11(4-8)20-15(23)21-14-7-10(18)6-13(19)12(14)1-2-22/h3-7,22H,1-2H2,(H2,20,21,23). The SMILES string of the molecule is O=C(Nc1cc(Cl)cc(Cl)c1)Nc1cc(Cl)cc(Cl)c1CCO. The van der Waals surface area contributed by atoms with Gasteiger partial charge in [-0.1, -0.05) is 46.4 Å². The van der Waals surface area contributed by atoms with Gasteiger partial charge in [-0.05, 0) is 42.3 Å². The topological polar surface area (TPSA) is 61.4 Å². The lowest BCUT2D eigenvalue weighted by molar-refractivity contribution is 0.262. The highest BCUT2D eigenvalue weighted by molar-refractivity contribution is 6.36. The van der Waals surface area contributed by atoms with Crippen molar-refractivity contribution in [1.29, 1.82) is 0 Å². The molecule has 0 radical (unpaired) electrons. The molecule has 0 aliphatic rings. The lowest BCUT2D eigenvalue weighted by Crippen LogP contribution is -2.20. The Morgan fingerprint density at radius 3 is 2.13 bits per heavy atom. The molecule has 0 aliphatic carbocycles. The number of carbonyl (C=O) groups is 1. The van der Waals surface area contributed by atoms with E-state index in [0.717, 1.165) is 0 Å². The fourth-order valence-corrected chi connectivity index (χ4v) is 3.11. The van der Waals surface area contributed by atoms with E-state index < -0.39 is 6.03 Å². The number of aliphatic hydroxyl groups is 1. The summed E-state index contributed by atoms with van der Waals surface area (Å²) in [5.74, 6) is 0. The van der Waals surface area contributed by atoms with Gasteiger partial charge in [-0.2, -0.15) is 0 Å². The van der Waals surface area contributed by atoms with Crippen LogP contribution in [0.1, 0.15) is 5.56 Å². The third kappa shape index (κ3) is 5.16. The highest BCUT2D eigenvalue weighted by Crippen LogP contribution is 2.30. The summed E-state index contributed by atoms with van der Waals surface area (Å²) in [5.41, 5.74) is 1.46. The number of aliphatic hydroxyl groups excluding tert-OH is 1. The number of rotatable bonds is 4. The van der Waals surface area contributed by atoms with Crippen LogP contribution in [0.5, 0.6) is 0 Å². The lowest BCUT2D eigenvalue weighted by atomic mass is 10.1. The first-order valence-electron chi connectivity index (χ1n) is 6.52. The molecule has 0 saturated heterocycles. The molecule has 2 amide bonds. The molecule has 23 heavy (non-hydrogen) atoms. The number of anilines is 2. The van der Waals surface area contributed by atoms with Crippen molar-refractivity contribution in [2.45, 2.75) is 6.42 Å². The number of urea groups is 1. The summed E-state index contributed by atoms with van der Waals surface area (Å²) in [5, 5.41) is 15.9. The second kappa shape index (κ2) is 8.08. The van der Waals surface area contributed by atoms with Crippen LogP contribution in [-0.2, 0) is 6.42 Å². The molecule has 2 rings (SSSR count). The molecule has 3 N–H and O–H groups in total. The van der Waals surface area contributed by atoms with Crippen LogP contribution in [0.4, 0.5) is 16.2 Å². The van der Waals surface area contributed by atoms with Crippen LogP contribution in [0.2, 0.25) is 20.1 Å². The van der Waals surface area contributed by atoms with Crippen molar-refractivity contribution in [3.63, 3.8) is 0 Å². The average Bonchev–Trinajstić information content (AvgIpc) is 2.41. The largest absolute Gasteiger partial charge is 0.396 e. The fraction of sp³-hybridized carbons (Fsp3) is 0.133. The zero-order valence-electron chi connectivity index (χ0n) is 11.7. The lowest BCUT2D eigenvalue weighted by Gasteiger charge is -2.14. The second-order valence-corrected chi connectivity index (χ2v) is 6.34. The monoisotopic (exact) mass is 392 g/mol. The van der Waals surface area contributed by atoms with E-state index in [1.54, 1.807) is 30.3 Å². The van der Waals surface area contributed by atoms with Gasteiger partial charge in [-0.25, -0.2) is 4.79 Å². The predicted molar refractivity (Wildman–Crippen MR) is 96.4 cm³/mol. The van der Waals surface area contributed by atoms with E-state index in [4.69, 9.17) is 51.5 Å². The molecule has 122 valence electrons. The first-order valence-corrected chi connectivity index (χ1v) is 8.03. The summed E-state index contributed by atoms with van der Waals surface area (Å²) in [7, 11) is 0. The quantitative estimate of drug-likeness (QED) is 0.643. The molecule has 0 bridgehead atoms. The Morgan fingerprint density at radius 2 is 1.52 bits per heavy atom.